The molecule has 2 heteroatoms. The molecule has 0 amide bonds. The minimum atomic E-state index is -0.552. The largest absolute Gasteiger partial charge is 0.481 e. The number of aliphatic carboxylic acids is 1. The van der Waals surface area contributed by atoms with Gasteiger partial charge in [0.2, 0.25) is 0 Å². The quantitative estimate of drug-likeness (QED) is 0.201. The van der Waals surface area contributed by atoms with Gasteiger partial charge in [0.25, 0.3) is 0 Å². The molecule has 0 bridgehead atoms. The van der Waals surface area contributed by atoms with Crippen molar-refractivity contribution in [1.29, 1.82) is 0 Å². The second-order valence-electron chi connectivity index (χ2n) is 8.67. The number of hydrogen-bond donors (Lipinski definition) is 1. The zero-order valence-electron chi connectivity index (χ0n) is 18.9. The fraction of sp³-hybridized carbons (Fsp3) is 0.960. The minimum absolute atomic E-state index is 0.107. The Kier molecular flexibility index (Phi) is 19.8. The van der Waals surface area contributed by atoms with Crippen LogP contribution < -0.4 is 0 Å². The second kappa shape index (κ2) is 20.2. The van der Waals surface area contributed by atoms with Gasteiger partial charge >= 0.3 is 5.97 Å². The molecular formula is C25H50O2. The van der Waals surface area contributed by atoms with E-state index in [1.807, 2.05) is 0 Å². The third kappa shape index (κ3) is 16.2. The molecule has 0 aromatic carbocycles. The summed E-state index contributed by atoms with van der Waals surface area (Å²) >= 11 is 0. The van der Waals surface area contributed by atoms with Crippen molar-refractivity contribution >= 4 is 5.97 Å². The molecule has 2 nitrogen and oxygen atoms in total. The summed E-state index contributed by atoms with van der Waals surface area (Å²) in [4.78, 5) is 11.7. The summed E-state index contributed by atoms with van der Waals surface area (Å²) in [6.45, 7) is 6.65. The highest BCUT2D eigenvalue weighted by molar-refractivity contribution is 5.70. The van der Waals surface area contributed by atoms with Crippen LogP contribution in [0.4, 0.5) is 0 Å². The van der Waals surface area contributed by atoms with Crippen LogP contribution in [0.3, 0.4) is 0 Å². The van der Waals surface area contributed by atoms with Crippen LogP contribution in [0, 0.1) is 11.8 Å². The van der Waals surface area contributed by atoms with E-state index in [-0.39, 0.29) is 5.92 Å². The molecule has 2 atom stereocenters. The summed E-state index contributed by atoms with van der Waals surface area (Å²) in [5.41, 5.74) is 0. The van der Waals surface area contributed by atoms with Crippen molar-refractivity contribution in [2.45, 2.75) is 143 Å². The molecule has 0 saturated carbocycles. The van der Waals surface area contributed by atoms with Gasteiger partial charge in [-0.25, -0.2) is 0 Å². The van der Waals surface area contributed by atoms with Gasteiger partial charge in [0.05, 0.1) is 5.92 Å². The van der Waals surface area contributed by atoms with Gasteiger partial charge in [0.15, 0.2) is 0 Å². The summed E-state index contributed by atoms with van der Waals surface area (Å²) in [7, 11) is 0. The molecule has 0 aromatic rings. The predicted octanol–water partition coefficient (Wildman–Crippen LogP) is 8.78. The van der Waals surface area contributed by atoms with Gasteiger partial charge in [-0.05, 0) is 25.2 Å². The van der Waals surface area contributed by atoms with Crippen LogP contribution in [0.25, 0.3) is 0 Å². The Bertz CT molecular complexity index is 313. The average Bonchev–Trinajstić information content (AvgIpc) is 2.66. The smallest absolute Gasteiger partial charge is 0.306 e. The lowest BCUT2D eigenvalue weighted by Crippen LogP contribution is -2.24. The number of carboxylic acids is 1. The number of carbonyl (C=O) groups is 1. The van der Waals surface area contributed by atoms with Gasteiger partial charge in [0.1, 0.15) is 0 Å². The summed E-state index contributed by atoms with van der Waals surface area (Å²) in [6.07, 6.45) is 24.1. The highest BCUT2D eigenvalue weighted by Crippen LogP contribution is 2.29. The van der Waals surface area contributed by atoms with Gasteiger partial charge < -0.3 is 5.11 Å². The Labute approximate surface area is 170 Å². The van der Waals surface area contributed by atoms with Crippen LogP contribution in [0.5, 0.6) is 0 Å². The molecule has 0 aliphatic rings. The first-order valence-corrected chi connectivity index (χ1v) is 12.4. The third-order valence-corrected chi connectivity index (χ3v) is 6.11. The lowest BCUT2D eigenvalue weighted by Gasteiger charge is -2.24. The molecule has 162 valence electrons. The summed E-state index contributed by atoms with van der Waals surface area (Å²) in [6, 6.07) is 0. The normalized spacial score (nSPS) is 13.6. The molecule has 1 N–H and O–H groups in total. The second-order valence-corrected chi connectivity index (χ2v) is 8.67. The van der Waals surface area contributed by atoms with Crippen LogP contribution in [0.1, 0.15) is 143 Å². The van der Waals surface area contributed by atoms with Crippen molar-refractivity contribution in [2.75, 3.05) is 0 Å². The molecule has 0 fully saturated rings. The van der Waals surface area contributed by atoms with E-state index >= 15 is 0 Å². The molecule has 27 heavy (non-hydrogen) atoms. The van der Waals surface area contributed by atoms with Gasteiger partial charge in [-0.15, -0.1) is 0 Å². The number of carboxylic acid groups (broad SMARTS) is 1. The molecule has 0 spiro atoms. The summed E-state index contributed by atoms with van der Waals surface area (Å²) in [5, 5.41) is 9.66. The van der Waals surface area contributed by atoms with Crippen molar-refractivity contribution in [3.05, 3.63) is 0 Å². The first kappa shape index (κ1) is 26.5. The number of unbranched alkanes of at least 4 members (excludes halogenated alkanes) is 13. The van der Waals surface area contributed by atoms with Crippen LogP contribution in [-0.2, 0) is 4.79 Å². The standard InChI is InChI=1S/C25H50O2/c1-4-7-10-11-12-13-14-15-16-17-18-19-21-23(20-8-5-2)24(25(26)27)22-9-6-3/h23-24H,4-22H2,1-3H3,(H,26,27). The van der Waals surface area contributed by atoms with Crippen molar-refractivity contribution in [3.63, 3.8) is 0 Å². The van der Waals surface area contributed by atoms with E-state index in [2.05, 4.69) is 20.8 Å². The lowest BCUT2D eigenvalue weighted by molar-refractivity contribution is -0.144. The number of hydrogen-bond acceptors (Lipinski definition) is 1. The highest BCUT2D eigenvalue weighted by Gasteiger charge is 2.26. The third-order valence-electron chi connectivity index (χ3n) is 6.11. The van der Waals surface area contributed by atoms with E-state index in [1.165, 1.54) is 89.9 Å². The summed E-state index contributed by atoms with van der Waals surface area (Å²) in [5.74, 6) is -0.259. The molecule has 0 aliphatic carbocycles. The molecule has 0 radical (unpaired) electrons. The van der Waals surface area contributed by atoms with E-state index in [9.17, 15) is 9.90 Å². The Balaban J connectivity index is 3.84. The molecule has 0 aromatic heterocycles. The van der Waals surface area contributed by atoms with Gasteiger partial charge in [-0.1, -0.05) is 124 Å². The van der Waals surface area contributed by atoms with Crippen LogP contribution in [0.2, 0.25) is 0 Å². The zero-order valence-corrected chi connectivity index (χ0v) is 18.9. The summed E-state index contributed by atoms with van der Waals surface area (Å²) < 4.78 is 0. The Morgan fingerprint density at radius 1 is 0.556 bits per heavy atom. The van der Waals surface area contributed by atoms with Crippen LogP contribution >= 0.6 is 0 Å². The first-order valence-electron chi connectivity index (χ1n) is 12.4. The van der Waals surface area contributed by atoms with E-state index in [1.54, 1.807) is 0 Å². The molecule has 0 saturated heterocycles. The van der Waals surface area contributed by atoms with Crippen molar-refractivity contribution in [2.24, 2.45) is 11.8 Å². The molecule has 2 unspecified atom stereocenters. The Morgan fingerprint density at radius 2 is 0.926 bits per heavy atom. The van der Waals surface area contributed by atoms with E-state index in [4.69, 9.17) is 0 Å². The SMILES string of the molecule is CCCCCCCCCCCCCCC(CCCC)C(CCCC)C(=O)O. The van der Waals surface area contributed by atoms with Gasteiger partial charge in [-0.3, -0.25) is 4.79 Å². The van der Waals surface area contributed by atoms with E-state index < -0.39 is 5.97 Å². The van der Waals surface area contributed by atoms with E-state index in [0.717, 1.165) is 32.1 Å². The van der Waals surface area contributed by atoms with E-state index in [0.29, 0.717) is 5.92 Å². The fourth-order valence-electron chi connectivity index (χ4n) is 4.25. The van der Waals surface area contributed by atoms with Crippen molar-refractivity contribution in [3.8, 4) is 0 Å². The monoisotopic (exact) mass is 382 g/mol. The lowest BCUT2D eigenvalue weighted by atomic mass is 9.81. The maximum absolute atomic E-state index is 11.7. The average molecular weight is 383 g/mol. The topological polar surface area (TPSA) is 37.3 Å². The molecular weight excluding hydrogens is 332 g/mol. The Hall–Kier alpha value is -0.530. The van der Waals surface area contributed by atoms with Crippen molar-refractivity contribution in [1.82, 2.24) is 0 Å². The van der Waals surface area contributed by atoms with Crippen molar-refractivity contribution < 1.29 is 9.90 Å². The van der Waals surface area contributed by atoms with Crippen LogP contribution in [0.15, 0.2) is 0 Å². The zero-order chi connectivity index (χ0) is 20.2. The first-order chi connectivity index (χ1) is 13.2. The van der Waals surface area contributed by atoms with Gasteiger partial charge in [0, 0.05) is 0 Å². The molecule has 0 heterocycles. The predicted molar refractivity (Wildman–Crippen MR) is 119 cm³/mol. The van der Waals surface area contributed by atoms with Crippen LogP contribution in [-0.4, -0.2) is 11.1 Å². The highest BCUT2D eigenvalue weighted by atomic mass is 16.4. The fourth-order valence-corrected chi connectivity index (χ4v) is 4.25. The maximum atomic E-state index is 11.7. The molecule has 0 rings (SSSR count). The molecule has 0 aliphatic heterocycles. The minimum Gasteiger partial charge on any atom is -0.481 e. The van der Waals surface area contributed by atoms with Gasteiger partial charge in [-0.2, -0.15) is 0 Å². The Morgan fingerprint density at radius 3 is 1.37 bits per heavy atom. The maximum Gasteiger partial charge on any atom is 0.306 e. The number of rotatable bonds is 21.